The monoisotopic (exact) mass is 223 g/mol. The lowest BCUT2D eigenvalue weighted by molar-refractivity contribution is -0.158. The molecule has 0 amide bonds. The summed E-state index contributed by atoms with van der Waals surface area (Å²) >= 11 is 0. The Labute approximate surface area is 99.4 Å². The Bertz CT molecular complexity index is 283. The summed E-state index contributed by atoms with van der Waals surface area (Å²) in [6.45, 7) is 12.5. The molecule has 3 aliphatic rings. The summed E-state index contributed by atoms with van der Waals surface area (Å²) in [6.07, 6.45) is 2.18. The molecule has 0 aromatic rings. The van der Waals surface area contributed by atoms with Gasteiger partial charge < -0.3 is 0 Å². The second kappa shape index (κ2) is 3.83. The summed E-state index contributed by atoms with van der Waals surface area (Å²) < 4.78 is 0. The van der Waals surface area contributed by atoms with Crippen molar-refractivity contribution in [2.24, 2.45) is 17.8 Å². The zero-order chi connectivity index (χ0) is 12.1. The lowest BCUT2D eigenvalue weighted by atomic mass is 9.62. The van der Waals surface area contributed by atoms with Crippen molar-refractivity contribution in [1.29, 1.82) is 0 Å². The quantitative estimate of drug-likeness (QED) is 0.717. The molecule has 3 saturated heterocycles. The van der Waals surface area contributed by atoms with E-state index in [9.17, 15) is 4.79 Å². The van der Waals surface area contributed by atoms with Crippen molar-refractivity contribution in [3.8, 4) is 0 Å². The number of rotatable bonds is 2. The maximum Gasteiger partial charge on any atom is 0.152 e. The lowest BCUT2D eigenvalue weighted by Gasteiger charge is -2.60. The fourth-order valence-corrected chi connectivity index (χ4v) is 4.21. The molecule has 3 fully saturated rings. The number of hydrogen-bond acceptors (Lipinski definition) is 2. The van der Waals surface area contributed by atoms with E-state index < -0.39 is 0 Å². The molecule has 0 saturated carbocycles. The van der Waals surface area contributed by atoms with E-state index in [1.54, 1.807) is 0 Å². The first-order chi connectivity index (χ1) is 7.41. The van der Waals surface area contributed by atoms with E-state index in [1.165, 1.54) is 0 Å². The Morgan fingerprint density at radius 3 is 2.25 bits per heavy atom. The summed E-state index contributed by atoms with van der Waals surface area (Å²) in [6, 6.07) is 0.150. The Kier molecular flexibility index (Phi) is 2.90. The maximum absolute atomic E-state index is 12.1. The molecule has 3 aliphatic heterocycles. The Balaban J connectivity index is 2.39. The van der Waals surface area contributed by atoms with Crippen LogP contribution in [0.5, 0.6) is 0 Å². The van der Waals surface area contributed by atoms with Gasteiger partial charge in [0, 0.05) is 18.0 Å². The van der Waals surface area contributed by atoms with E-state index >= 15 is 0 Å². The first kappa shape index (κ1) is 12.1. The summed E-state index contributed by atoms with van der Waals surface area (Å²) in [5, 5.41) is 0. The van der Waals surface area contributed by atoms with Crippen LogP contribution in [0.25, 0.3) is 0 Å². The molecule has 2 nitrogen and oxygen atoms in total. The average molecular weight is 223 g/mol. The van der Waals surface area contributed by atoms with Gasteiger partial charge in [-0.3, -0.25) is 9.69 Å². The minimum absolute atomic E-state index is 0.150. The number of fused-ring (bicyclic) bond motifs is 3. The van der Waals surface area contributed by atoms with Gasteiger partial charge in [-0.15, -0.1) is 0 Å². The summed E-state index contributed by atoms with van der Waals surface area (Å²) in [5.41, 5.74) is 0.260. The molecule has 16 heavy (non-hydrogen) atoms. The highest BCUT2D eigenvalue weighted by Gasteiger charge is 2.55. The number of ketones is 1. The summed E-state index contributed by atoms with van der Waals surface area (Å²) in [7, 11) is 0. The predicted octanol–water partition coefficient (Wildman–Crippen LogP) is 2.72. The molecule has 0 aromatic heterocycles. The SMILES string of the molecule is CC1C(=O)C2CCN1C(C(C)C)(C(C)C)C2. The van der Waals surface area contributed by atoms with E-state index in [2.05, 4.69) is 39.5 Å². The van der Waals surface area contributed by atoms with Gasteiger partial charge in [-0.25, -0.2) is 0 Å². The standard InChI is InChI=1S/C14H25NO/c1-9(2)14(10(3)4)8-12-6-7-15(14)11(5)13(12)16/h9-12H,6-8H2,1-5H3. The van der Waals surface area contributed by atoms with Gasteiger partial charge in [0.25, 0.3) is 0 Å². The second-order valence-corrected chi connectivity index (χ2v) is 6.26. The molecule has 3 heterocycles. The van der Waals surface area contributed by atoms with Crippen molar-refractivity contribution in [2.75, 3.05) is 6.54 Å². The zero-order valence-electron chi connectivity index (χ0n) is 11.3. The molecular weight excluding hydrogens is 198 g/mol. The normalized spacial score (nSPS) is 37.4. The molecule has 3 rings (SSSR count). The molecule has 2 heteroatoms. The Morgan fingerprint density at radius 2 is 1.81 bits per heavy atom. The van der Waals surface area contributed by atoms with E-state index in [-0.39, 0.29) is 11.6 Å². The van der Waals surface area contributed by atoms with E-state index in [4.69, 9.17) is 0 Å². The third kappa shape index (κ3) is 1.38. The first-order valence-corrected chi connectivity index (χ1v) is 6.71. The molecule has 3 atom stereocenters. The molecule has 92 valence electrons. The summed E-state index contributed by atoms with van der Waals surface area (Å²) in [4.78, 5) is 14.6. The number of piperidine rings is 3. The van der Waals surface area contributed by atoms with Crippen molar-refractivity contribution < 1.29 is 4.79 Å². The van der Waals surface area contributed by atoms with Crippen LogP contribution >= 0.6 is 0 Å². The van der Waals surface area contributed by atoms with Crippen LogP contribution in [0, 0.1) is 17.8 Å². The van der Waals surface area contributed by atoms with Crippen molar-refractivity contribution in [3.63, 3.8) is 0 Å². The van der Waals surface area contributed by atoms with Crippen LogP contribution in [-0.2, 0) is 4.79 Å². The van der Waals surface area contributed by atoms with Crippen LogP contribution < -0.4 is 0 Å². The highest BCUT2D eigenvalue weighted by atomic mass is 16.1. The number of carbonyl (C=O) groups is 1. The van der Waals surface area contributed by atoms with Crippen molar-refractivity contribution in [2.45, 2.75) is 59.0 Å². The van der Waals surface area contributed by atoms with E-state index in [0.29, 0.717) is 23.5 Å². The van der Waals surface area contributed by atoms with Crippen molar-refractivity contribution in [1.82, 2.24) is 4.90 Å². The van der Waals surface area contributed by atoms with Gasteiger partial charge in [-0.05, 0) is 31.6 Å². The number of nitrogens with zero attached hydrogens (tertiary/aromatic N) is 1. The number of hydrogen-bond donors (Lipinski definition) is 0. The molecule has 3 unspecified atom stereocenters. The van der Waals surface area contributed by atoms with Crippen LogP contribution in [0.4, 0.5) is 0 Å². The highest BCUT2D eigenvalue weighted by Crippen LogP contribution is 2.48. The van der Waals surface area contributed by atoms with E-state index in [1.807, 2.05) is 0 Å². The fraction of sp³-hybridized carbons (Fsp3) is 0.929. The molecule has 0 aliphatic carbocycles. The third-order valence-corrected chi connectivity index (χ3v) is 5.11. The van der Waals surface area contributed by atoms with Crippen LogP contribution in [0.15, 0.2) is 0 Å². The van der Waals surface area contributed by atoms with Gasteiger partial charge in [0.15, 0.2) is 5.78 Å². The van der Waals surface area contributed by atoms with Crippen LogP contribution in [0.1, 0.15) is 47.5 Å². The third-order valence-electron chi connectivity index (χ3n) is 5.11. The van der Waals surface area contributed by atoms with Gasteiger partial charge in [-0.1, -0.05) is 27.7 Å². The Hall–Kier alpha value is -0.370. The second-order valence-electron chi connectivity index (χ2n) is 6.26. The predicted molar refractivity (Wildman–Crippen MR) is 66.3 cm³/mol. The topological polar surface area (TPSA) is 20.3 Å². The van der Waals surface area contributed by atoms with Gasteiger partial charge in [-0.2, -0.15) is 0 Å². The fourth-order valence-electron chi connectivity index (χ4n) is 4.21. The number of carbonyl (C=O) groups excluding carboxylic acids is 1. The van der Waals surface area contributed by atoms with Gasteiger partial charge in [0.05, 0.1) is 6.04 Å². The molecule has 0 N–H and O–H groups in total. The van der Waals surface area contributed by atoms with Gasteiger partial charge in [0.2, 0.25) is 0 Å². The van der Waals surface area contributed by atoms with Crippen molar-refractivity contribution >= 4 is 5.78 Å². The van der Waals surface area contributed by atoms with Crippen molar-refractivity contribution in [3.05, 3.63) is 0 Å². The lowest BCUT2D eigenvalue weighted by Crippen LogP contribution is -2.69. The maximum atomic E-state index is 12.1. The highest BCUT2D eigenvalue weighted by molar-refractivity contribution is 5.88. The first-order valence-electron chi connectivity index (χ1n) is 6.71. The summed E-state index contributed by atoms with van der Waals surface area (Å²) in [5.74, 6) is 2.09. The molecule has 0 spiro atoms. The van der Waals surface area contributed by atoms with Gasteiger partial charge >= 0.3 is 0 Å². The smallest absolute Gasteiger partial charge is 0.152 e. The zero-order valence-corrected chi connectivity index (χ0v) is 11.3. The molecule has 0 radical (unpaired) electrons. The van der Waals surface area contributed by atoms with Gasteiger partial charge in [0.1, 0.15) is 0 Å². The largest absolute Gasteiger partial charge is 0.298 e. The van der Waals surface area contributed by atoms with E-state index in [0.717, 1.165) is 19.4 Å². The molecule has 0 aromatic carbocycles. The Morgan fingerprint density at radius 1 is 1.25 bits per heavy atom. The van der Waals surface area contributed by atoms with Crippen LogP contribution in [0.2, 0.25) is 0 Å². The van der Waals surface area contributed by atoms with Crippen LogP contribution in [-0.4, -0.2) is 28.8 Å². The minimum Gasteiger partial charge on any atom is -0.298 e. The minimum atomic E-state index is 0.150. The number of Topliss-reactive ketones (excluding diaryl/α,β-unsaturated/α-hetero) is 1. The molecular formula is C14H25NO. The molecule has 2 bridgehead atoms. The average Bonchev–Trinajstić information content (AvgIpc) is 2.23. The van der Waals surface area contributed by atoms with Crippen LogP contribution in [0.3, 0.4) is 0 Å².